The monoisotopic (exact) mass is 494 g/mol. The third-order valence-electron chi connectivity index (χ3n) is 5.66. The zero-order chi connectivity index (χ0) is 26.7. The van der Waals surface area contributed by atoms with Crippen LogP contribution in [0, 0.1) is 11.8 Å². The SMILES string of the molecule is CCC(C)C(NC(=O)C(CC(C)C)NC(=O)C(N)Cc1ccc(O)cc1)C(=O)NC(CO)C(=O)O. The number of phenols is 1. The van der Waals surface area contributed by atoms with Crippen LogP contribution in [0.25, 0.3) is 0 Å². The molecule has 0 aromatic heterocycles. The lowest BCUT2D eigenvalue weighted by Gasteiger charge is -2.28. The number of amides is 3. The Kier molecular flexibility index (Phi) is 12.2. The summed E-state index contributed by atoms with van der Waals surface area (Å²) in [5, 5.41) is 35.2. The van der Waals surface area contributed by atoms with E-state index in [4.69, 9.17) is 10.8 Å². The van der Waals surface area contributed by atoms with Crippen LogP contribution >= 0.6 is 0 Å². The maximum Gasteiger partial charge on any atom is 0.328 e. The average Bonchev–Trinajstić information content (AvgIpc) is 2.80. The summed E-state index contributed by atoms with van der Waals surface area (Å²) in [5.74, 6) is -3.51. The summed E-state index contributed by atoms with van der Waals surface area (Å²) < 4.78 is 0. The van der Waals surface area contributed by atoms with E-state index < -0.39 is 54.5 Å². The van der Waals surface area contributed by atoms with Gasteiger partial charge in [-0.1, -0.05) is 46.2 Å². The summed E-state index contributed by atoms with van der Waals surface area (Å²) in [6, 6.07) is 1.77. The van der Waals surface area contributed by atoms with Crippen molar-refractivity contribution in [1.29, 1.82) is 0 Å². The lowest BCUT2D eigenvalue weighted by Crippen LogP contribution is -2.59. The van der Waals surface area contributed by atoms with Gasteiger partial charge in [-0.05, 0) is 42.4 Å². The number of benzene rings is 1. The molecule has 0 saturated carbocycles. The van der Waals surface area contributed by atoms with Crippen molar-refractivity contribution < 1.29 is 34.5 Å². The molecule has 5 atom stereocenters. The zero-order valence-corrected chi connectivity index (χ0v) is 20.7. The Hall–Kier alpha value is -3.18. The number of carbonyl (C=O) groups is 4. The van der Waals surface area contributed by atoms with Gasteiger partial charge in [0.15, 0.2) is 0 Å². The summed E-state index contributed by atoms with van der Waals surface area (Å²) in [6.45, 7) is 6.49. The largest absolute Gasteiger partial charge is 0.508 e. The summed E-state index contributed by atoms with van der Waals surface area (Å²) in [6.07, 6.45) is 0.985. The number of carboxylic acids is 1. The molecular formula is C24H38N4O7. The predicted octanol–water partition coefficient (Wildman–Crippen LogP) is -0.114. The number of aliphatic hydroxyl groups excluding tert-OH is 1. The molecule has 8 N–H and O–H groups in total. The summed E-state index contributed by atoms with van der Waals surface area (Å²) in [7, 11) is 0. The normalized spacial score (nSPS) is 15.4. The Bertz CT molecular complexity index is 860. The number of aliphatic carboxylic acids is 1. The van der Waals surface area contributed by atoms with E-state index in [2.05, 4.69) is 16.0 Å². The van der Waals surface area contributed by atoms with Crippen molar-refractivity contribution in [3.8, 4) is 5.75 Å². The predicted molar refractivity (Wildman–Crippen MR) is 129 cm³/mol. The van der Waals surface area contributed by atoms with Crippen LogP contribution in [-0.2, 0) is 25.6 Å². The molecular weight excluding hydrogens is 456 g/mol. The van der Waals surface area contributed by atoms with Crippen molar-refractivity contribution in [2.45, 2.75) is 71.1 Å². The number of carboxylic acid groups (broad SMARTS) is 1. The van der Waals surface area contributed by atoms with Crippen LogP contribution in [-0.4, -0.2) is 69.8 Å². The highest BCUT2D eigenvalue weighted by Gasteiger charge is 2.32. The molecule has 0 aliphatic rings. The summed E-state index contributed by atoms with van der Waals surface area (Å²) >= 11 is 0. The Morgan fingerprint density at radius 3 is 1.97 bits per heavy atom. The van der Waals surface area contributed by atoms with Crippen molar-refractivity contribution in [3.05, 3.63) is 29.8 Å². The van der Waals surface area contributed by atoms with E-state index in [1.165, 1.54) is 12.1 Å². The van der Waals surface area contributed by atoms with Crippen LogP contribution in [0.15, 0.2) is 24.3 Å². The zero-order valence-electron chi connectivity index (χ0n) is 20.7. The number of hydrogen-bond donors (Lipinski definition) is 7. The standard InChI is InChI=1S/C24H38N4O7/c1-5-14(4)20(23(33)27-19(12-29)24(34)35)28-22(32)18(10-13(2)3)26-21(31)17(25)11-15-6-8-16(30)9-7-15/h6-9,13-14,17-20,29-30H,5,10-12,25H2,1-4H3,(H,26,31)(H,27,33)(H,28,32)(H,34,35). The molecule has 0 saturated heterocycles. The molecule has 0 spiro atoms. The van der Waals surface area contributed by atoms with Crippen molar-refractivity contribution in [3.63, 3.8) is 0 Å². The summed E-state index contributed by atoms with van der Waals surface area (Å²) in [5.41, 5.74) is 6.77. The molecule has 11 heteroatoms. The first kappa shape index (κ1) is 29.9. The van der Waals surface area contributed by atoms with E-state index in [1.807, 2.05) is 20.8 Å². The van der Waals surface area contributed by atoms with Crippen LogP contribution < -0.4 is 21.7 Å². The first-order valence-corrected chi connectivity index (χ1v) is 11.7. The smallest absolute Gasteiger partial charge is 0.328 e. The molecule has 0 bridgehead atoms. The van der Waals surface area contributed by atoms with E-state index in [0.29, 0.717) is 6.42 Å². The van der Waals surface area contributed by atoms with Gasteiger partial charge in [0.25, 0.3) is 0 Å². The van der Waals surface area contributed by atoms with Gasteiger partial charge < -0.3 is 37.0 Å². The van der Waals surface area contributed by atoms with Crippen LogP contribution in [0.3, 0.4) is 0 Å². The molecule has 0 fully saturated rings. The minimum Gasteiger partial charge on any atom is -0.508 e. The maximum absolute atomic E-state index is 13.1. The molecule has 0 radical (unpaired) electrons. The fourth-order valence-corrected chi connectivity index (χ4v) is 3.36. The van der Waals surface area contributed by atoms with Gasteiger partial charge in [-0.3, -0.25) is 14.4 Å². The second-order valence-electron chi connectivity index (χ2n) is 9.12. The maximum atomic E-state index is 13.1. The molecule has 11 nitrogen and oxygen atoms in total. The van der Waals surface area contributed by atoms with Gasteiger partial charge in [-0.15, -0.1) is 0 Å². The van der Waals surface area contributed by atoms with Gasteiger partial charge >= 0.3 is 5.97 Å². The fourth-order valence-electron chi connectivity index (χ4n) is 3.36. The quantitative estimate of drug-likeness (QED) is 0.186. The highest BCUT2D eigenvalue weighted by atomic mass is 16.4. The second kappa shape index (κ2) is 14.3. The first-order valence-electron chi connectivity index (χ1n) is 11.7. The molecule has 196 valence electrons. The van der Waals surface area contributed by atoms with E-state index in [0.717, 1.165) is 5.56 Å². The molecule has 0 aliphatic heterocycles. The van der Waals surface area contributed by atoms with Crippen LogP contribution in [0.4, 0.5) is 0 Å². The van der Waals surface area contributed by atoms with Gasteiger partial charge in [0.05, 0.1) is 12.6 Å². The lowest BCUT2D eigenvalue weighted by molar-refractivity contribution is -0.143. The van der Waals surface area contributed by atoms with Crippen LogP contribution in [0.5, 0.6) is 5.75 Å². The van der Waals surface area contributed by atoms with Gasteiger partial charge in [0.1, 0.15) is 23.9 Å². The Labute approximate surface area is 205 Å². The highest BCUT2D eigenvalue weighted by molar-refractivity contribution is 5.94. The van der Waals surface area contributed by atoms with Gasteiger partial charge in [0, 0.05) is 0 Å². The lowest BCUT2D eigenvalue weighted by atomic mass is 9.96. The molecule has 1 aromatic rings. The van der Waals surface area contributed by atoms with Gasteiger partial charge in [-0.2, -0.15) is 0 Å². The summed E-state index contributed by atoms with van der Waals surface area (Å²) in [4.78, 5) is 49.8. The number of carbonyl (C=O) groups excluding carboxylic acids is 3. The van der Waals surface area contributed by atoms with E-state index in [1.54, 1.807) is 19.1 Å². The van der Waals surface area contributed by atoms with Gasteiger partial charge in [0.2, 0.25) is 17.7 Å². The molecule has 1 aromatic carbocycles. The molecule has 0 heterocycles. The van der Waals surface area contributed by atoms with Crippen LogP contribution in [0.2, 0.25) is 0 Å². The van der Waals surface area contributed by atoms with Crippen molar-refractivity contribution in [2.24, 2.45) is 17.6 Å². The Balaban J connectivity index is 2.96. The first-order chi connectivity index (χ1) is 16.4. The third-order valence-corrected chi connectivity index (χ3v) is 5.66. The number of nitrogens with one attached hydrogen (secondary N) is 3. The number of rotatable bonds is 14. The Morgan fingerprint density at radius 2 is 1.49 bits per heavy atom. The molecule has 35 heavy (non-hydrogen) atoms. The topological polar surface area (TPSA) is 191 Å². The molecule has 0 aliphatic carbocycles. The number of aliphatic hydroxyl groups is 1. The number of hydrogen-bond acceptors (Lipinski definition) is 7. The number of nitrogens with two attached hydrogens (primary N) is 1. The average molecular weight is 495 g/mol. The van der Waals surface area contributed by atoms with Crippen molar-refractivity contribution in [1.82, 2.24) is 16.0 Å². The van der Waals surface area contributed by atoms with E-state index in [-0.39, 0.29) is 30.4 Å². The third kappa shape index (κ3) is 9.91. The van der Waals surface area contributed by atoms with Crippen molar-refractivity contribution in [2.75, 3.05) is 6.61 Å². The second-order valence-corrected chi connectivity index (χ2v) is 9.12. The van der Waals surface area contributed by atoms with E-state index >= 15 is 0 Å². The molecule has 5 unspecified atom stereocenters. The fraction of sp³-hybridized carbons (Fsp3) is 0.583. The molecule has 1 rings (SSSR count). The minimum atomic E-state index is -1.50. The van der Waals surface area contributed by atoms with Crippen molar-refractivity contribution >= 4 is 23.7 Å². The molecule has 3 amide bonds. The minimum absolute atomic E-state index is 0.0287. The van der Waals surface area contributed by atoms with E-state index in [9.17, 15) is 29.4 Å². The number of phenolic OH excluding ortho intramolecular Hbond substituents is 1. The van der Waals surface area contributed by atoms with Gasteiger partial charge in [-0.25, -0.2) is 4.79 Å². The highest BCUT2D eigenvalue weighted by Crippen LogP contribution is 2.13. The number of aromatic hydroxyl groups is 1. The Morgan fingerprint density at radius 1 is 0.914 bits per heavy atom. The van der Waals surface area contributed by atoms with Crippen LogP contribution in [0.1, 0.15) is 46.1 Å².